The highest BCUT2D eigenvalue weighted by atomic mass is 79.9. The molecule has 2 N–H and O–H groups in total. The number of nitrogens with zero attached hydrogens (tertiary/aromatic N) is 3. The van der Waals surface area contributed by atoms with Crippen molar-refractivity contribution in [3.8, 4) is 10.6 Å². The molecule has 22 heavy (non-hydrogen) atoms. The van der Waals surface area contributed by atoms with Gasteiger partial charge < -0.3 is 10.2 Å². The molecule has 0 saturated heterocycles. The van der Waals surface area contributed by atoms with Crippen molar-refractivity contribution in [2.45, 2.75) is 19.6 Å². The lowest BCUT2D eigenvalue weighted by molar-refractivity contribution is 0.213. The Labute approximate surface area is 143 Å². The number of pyridine rings is 1. The molecule has 114 valence electrons. The predicted octanol–water partition coefficient (Wildman–Crippen LogP) is 3.31. The summed E-state index contributed by atoms with van der Waals surface area (Å²) in [5.41, 5.74) is 2.33. The number of rotatable bonds is 4. The topological polar surface area (TPSA) is 79.1 Å². The van der Waals surface area contributed by atoms with Crippen LogP contribution in [0.15, 0.2) is 28.4 Å². The second-order valence-electron chi connectivity index (χ2n) is 4.59. The van der Waals surface area contributed by atoms with Gasteiger partial charge in [0.15, 0.2) is 3.92 Å². The summed E-state index contributed by atoms with van der Waals surface area (Å²) in [5.74, 6) is 0. The summed E-state index contributed by atoms with van der Waals surface area (Å²) in [5, 5.41) is 20.6. The Kier molecular flexibility index (Phi) is 4.65. The molecule has 3 rings (SSSR count). The molecular formula is C14H12BrN3O2S2. The van der Waals surface area contributed by atoms with E-state index in [1.807, 2.05) is 19.1 Å². The summed E-state index contributed by atoms with van der Waals surface area (Å²) in [6.07, 6.45) is 2.51. The molecule has 3 heterocycles. The van der Waals surface area contributed by atoms with Crippen molar-refractivity contribution in [2.24, 2.45) is 0 Å². The molecule has 0 aromatic carbocycles. The van der Waals surface area contributed by atoms with Gasteiger partial charge in [-0.3, -0.25) is 4.98 Å². The first-order chi connectivity index (χ1) is 10.6. The van der Waals surface area contributed by atoms with Crippen LogP contribution in [0, 0.1) is 6.92 Å². The van der Waals surface area contributed by atoms with Crippen molar-refractivity contribution < 1.29 is 10.2 Å². The molecule has 3 aromatic rings. The predicted molar refractivity (Wildman–Crippen MR) is 89.9 cm³/mol. The van der Waals surface area contributed by atoms with Crippen molar-refractivity contribution in [1.29, 1.82) is 0 Å². The Hall–Kier alpha value is -1.19. The minimum Gasteiger partial charge on any atom is -0.391 e. The molecular weight excluding hydrogens is 386 g/mol. The number of aliphatic hydroxyl groups is 2. The second-order valence-corrected chi connectivity index (χ2v) is 8.01. The van der Waals surface area contributed by atoms with Crippen LogP contribution >= 0.6 is 38.6 Å². The smallest absolute Gasteiger partial charge is 0.159 e. The minimum atomic E-state index is -0.894. The molecule has 5 nitrogen and oxygen atoms in total. The quantitative estimate of drug-likeness (QED) is 0.705. The Morgan fingerprint density at radius 3 is 2.73 bits per heavy atom. The fourth-order valence-corrected chi connectivity index (χ4v) is 4.28. The fraction of sp³-hybridized carbons (Fsp3) is 0.214. The van der Waals surface area contributed by atoms with E-state index in [2.05, 4.69) is 30.9 Å². The summed E-state index contributed by atoms with van der Waals surface area (Å²) in [6, 6.07) is 3.88. The van der Waals surface area contributed by atoms with Gasteiger partial charge in [0.2, 0.25) is 0 Å². The molecule has 0 amide bonds. The second kappa shape index (κ2) is 6.51. The number of aryl methyl sites for hydroxylation is 1. The third kappa shape index (κ3) is 3.11. The zero-order valence-electron chi connectivity index (χ0n) is 11.5. The SMILES string of the molecule is Cc1ccc(-c2ncc(C(O)c3nc(Br)sc3CO)s2)cn1. The van der Waals surface area contributed by atoms with E-state index in [1.165, 1.54) is 22.7 Å². The largest absolute Gasteiger partial charge is 0.391 e. The van der Waals surface area contributed by atoms with E-state index in [1.54, 1.807) is 12.4 Å². The third-order valence-corrected chi connectivity index (χ3v) is 5.66. The van der Waals surface area contributed by atoms with Crippen LogP contribution in [-0.4, -0.2) is 25.2 Å². The lowest BCUT2D eigenvalue weighted by Gasteiger charge is -2.06. The molecule has 1 atom stereocenters. The van der Waals surface area contributed by atoms with E-state index in [9.17, 15) is 10.2 Å². The highest BCUT2D eigenvalue weighted by Gasteiger charge is 2.21. The zero-order valence-corrected chi connectivity index (χ0v) is 14.7. The summed E-state index contributed by atoms with van der Waals surface area (Å²) >= 11 is 5.98. The van der Waals surface area contributed by atoms with Crippen LogP contribution in [0.3, 0.4) is 0 Å². The Morgan fingerprint density at radius 1 is 1.23 bits per heavy atom. The van der Waals surface area contributed by atoms with Crippen molar-refractivity contribution in [1.82, 2.24) is 15.0 Å². The molecule has 8 heteroatoms. The van der Waals surface area contributed by atoms with E-state index in [0.29, 0.717) is 19.4 Å². The molecule has 0 fully saturated rings. The van der Waals surface area contributed by atoms with Gasteiger partial charge in [-0.05, 0) is 35.0 Å². The molecule has 0 aliphatic carbocycles. The molecule has 0 spiro atoms. The standard InChI is InChI=1S/C14H12BrN3O2S2/c1-7-2-3-8(4-16-7)13-17-5-9(21-13)12(20)11-10(6-19)22-14(15)18-11/h2-5,12,19-20H,6H2,1H3. The summed E-state index contributed by atoms with van der Waals surface area (Å²) in [7, 11) is 0. The van der Waals surface area contributed by atoms with Crippen molar-refractivity contribution in [2.75, 3.05) is 0 Å². The van der Waals surface area contributed by atoms with Crippen LogP contribution in [0.25, 0.3) is 10.6 Å². The van der Waals surface area contributed by atoms with Crippen LogP contribution in [-0.2, 0) is 6.61 Å². The van der Waals surface area contributed by atoms with Crippen LogP contribution in [0.2, 0.25) is 0 Å². The normalized spacial score (nSPS) is 12.5. The monoisotopic (exact) mass is 397 g/mol. The van der Waals surface area contributed by atoms with Gasteiger partial charge in [0.05, 0.1) is 22.1 Å². The van der Waals surface area contributed by atoms with Gasteiger partial charge in [0.25, 0.3) is 0 Å². The Bertz CT molecular complexity index is 786. The summed E-state index contributed by atoms with van der Waals surface area (Å²) in [4.78, 5) is 14.2. The van der Waals surface area contributed by atoms with Gasteiger partial charge in [-0.1, -0.05) is 0 Å². The van der Waals surface area contributed by atoms with Crippen molar-refractivity contribution >= 4 is 38.6 Å². The number of thiazole rings is 2. The maximum Gasteiger partial charge on any atom is 0.159 e. The Balaban J connectivity index is 1.91. The highest BCUT2D eigenvalue weighted by molar-refractivity contribution is 9.11. The number of hydrogen-bond acceptors (Lipinski definition) is 7. The maximum atomic E-state index is 10.5. The van der Waals surface area contributed by atoms with Crippen molar-refractivity contribution in [3.05, 3.63) is 49.6 Å². The number of halogens is 1. The van der Waals surface area contributed by atoms with Crippen LogP contribution in [0.1, 0.15) is 27.2 Å². The molecule has 0 aliphatic heterocycles. The number of hydrogen-bond donors (Lipinski definition) is 2. The maximum absolute atomic E-state index is 10.5. The molecule has 0 bridgehead atoms. The van der Waals surface area contributed by atoms with Crippen molar-refractivity contribution in [3.63, 3.8) is 0 Å². The average molecular weight is 398 g/mol. The van der Waals surface area contributed by atoms with E-state index in [4.69, 9.17) is 0 Å². The first kappa shape index (κ1) is 15.7. The number of aliphatic hydroxyl groups excluding tert-OH is 2. The Morgan fingerprint density at radius 2 is 2.05 bits per heavy atom. The lowest BCUT2D eigenvalue weighted by atomic mass is 10.2. The summed E-state index contributed by atoms with van der Waals surface area (Å²) in [6.45, 7) is 1.78. The van der Waals surface area contributed by atoms with Gasteiger partial charge in [-0.15, -0.1) is 22.7 Å². The van der Waals surface area contributed by atoms with E-state index >= 15 is 0 Å². The van der Waals surface area contributed by atoms with Gasteiger partial charge in [-0.2, -0.15) is 0 Å². The molecule has 3 aromatic heterocycles. The van der Waals surface area contributed by atoms with E-state index < -0.39 is 6.10 Å². The first-order valence-corrected chi connectivity index (χ1v) is 8.84. The van der Waals surface area contributed by atoms with E-state index in [-0.39, 0.29) is 6.61 Å². The molecule has 1 unspecified atom stereocenters. The van der Waals surface area contributed by atoms with Gasteiger partial charge >= 0.3 is 0 Å². The number of aromatic nitrogens is 3. The molecule has 0 radical (unpaired) electrons. The zero-order chi connectivity index (χ0) is 15.7. The first-order valence-electron chi connectivity index (χ1n) is 6.41. The van der Waals surface area contributed by atoms with Gasteiger partial charge in [0, 0.05) is 23.7 Å². The highest BCUT2D eigenvalue weighted by Crippen LogP contribution is 2.35. The fourth-order valence-electron chi connectivity index (χ4n) is 1.94. The lowest BCUT2D eigenvalue weighted by Crippen LogP contribution is -2.01. The van der Waals surface area contributed by atoms with E-state index in [0.717, 1.165) is 16.3 Å². The summed E-state index contributed by atoms with van der Waals surface area (Å²) < 4.78 is 0.637. The van der Waals surface area contributed by atoms with Crippen LogP contribution in [0.5, 0.6) is 0 Å². The van der Waals surface area contributed by atoms with Crippen LogP contribution < -0.4 is 0 Å². The average Bonchev–Trinajstić information content (AvgIpc) is 3.14. The molecule has 0 aliphatic rings. The van der Waals surface area contributed by atoms with Gasteiger partial charge in [0.1, 0.15) is 11.1 Å². The minimum absolute atomic E-state index is 0.150. The molecule has 0 saturated carbocycles. The van der Waals surface area contributed by atoms with Gasteiger partial charge in [-0.25, -0.2) is 9.97 Å². The third-order valence-electron chi connectivity index (χ3n) is 3.06. The van der Waals surface area contributed by atoms with Crippen LogP contribution in [0.4, 0.5) is 0 Å².